The van der Waals surface area contributed by atoms with Crippen LogP contribution in [-0.2, 0) is 5.11 Å². The van der Waals surface area contributed by atoms with Crippen LogP contribution in [0.4, 0.5) is 10.1 Å². The van der Waals surface area contributed by atoms with E-state index in [1.54, 1.807) is 0 Å². The maximum Gasteiger partial charge on any atom is 0.127 e. The number of hydrogen-bond acceptors (Lipinski definition) is 1. The summed E-state index contributed by atoms with van der Waals surface area (Å²) in [6.07, 6.45) is 0. The summed E-state index contributed by atoms with van der Waals surface area (Å²) >= 11 is 3.07. The highest BCUT2D eigenvalue weighted by Gasteiger charge is 2.20. The minimum atomic E-state index is -1.71. The van der Waals surface area contributed by atoms with E-state index in [1.807, 2.05) is 0 Å². The second-order valence-electron chi connectivity index (χ2n) is 2.79. The van der Waals surface area contributed by atoms with E-state index in [9.17, 15) is 4.39 Å². The molecule has 6 radical (unpaired) electrons. The predicted molar refractivity (Wildman–Crippen MR) is 57.5 cm³/mol. The van der Waals surface area contributed by atoms with Crippen LogP contribution in [-0.4, -0.2) is 23.5 Å². The molecule has 0 unspecified atom stereocenters. The number of rotatable bonds is 1. The molecule has 0 aliphatic rings. The molecule has 0 saturated heterocycles. The molecule has 0 atom stereocenters. The number of hydrogen-bond donors (Lipinski definition) is 1. The van der Waals surface area contributed by atoms with Crippen molar-refractivity contribution >= 4 is 45.2 Å². The summed E-state index contributed by atoms with van der Waals surface area (Å²) in [7, 11) is 16.1. The summed E-state index contributed by atoms with van der Waals surface area (Å²) in [5.41, 5.74) is 5.66. The topological polar surface area (TPSA) is 26.0 Å². The molecule has 0 heterocycles. The fourth-order valence-corrected chi connectivity index (χ4v) is 1.80. The zero-order valence-electron chi connectivity index (χ0n) is 6.72. The Morgan fingerprint density at radius 2 is 1.85 bits per heavy atom. The van der Waals surface area contributed by atoms with Crippen LogP contribution in [0.5, 0.6) is 0 Å². The van der Waals surface area contributed by atoms with Crippen molar-refractivity contribution < 1.29 is 4.39 Å². The summed E-state index contributed by atoms with van der Waals surface area (Å²) in [5, 5.41) is -1.71. The Balaban J connectivity index is 3.38. The molecule has 0 amide bonds. The van der Waals surface area contributed by atoms with Gasteiger partial charge in [-0.25, -0.2) is 4.39 Å². The summed E-state index contributed by atoms with van der Waals surface area (Å²) < 4.78 is 13.6. The third kappa shape index (κ3) is 2.30. The number of nitrogen functional groups attached to an aromatic ring is 1. The molecule has 1 aromatic carbocycles. The monoisotopic (exact) mass is 233 g/mol. The standard InChI is InChI=1S/C7H4B3BrFN/c8-7(9,10)6-4(11)1-3(13)2-5(6)12/h1-2H,13H2. The minimum absolute atomic E-state index is 0.00157. The SMILES string of the molecule is [B]C([B])([B])c1c(F)cc(N)cc1Br. The number of halogens is 2. The van der Waals surface area contributed by atoms with Crippen molar-refractivity contribution in [3.05, 3.63) is 28.0 Å². The van der Waals surface area contributed by atoms with Gasteiger partial charge in [0.15, 0.2) is 0 Å². The highest BCUT2D eigenvalue weighted by atomic mass is 79.9. The Bertz CT molecular complexity index is 314. The van der Waals surface area contributed by atoms with Gasteiger partial charge < -0.3 is 5.73 Å². The first kappa shape index (κ1) is 10.7. The molecule has 1 aromatic rings. The van der Waals surface area contributed by atoms with E-state index in [0.29, 0.717) is 4.47 Å². The zero-order valence-corrected chi connectivity index (χ0v) is 8.31. The van der Waals surface area contributed by atoms with E-state index in [-0.39, 0.29) is 11.3 Å². The molecule has 60 valence electrons. The zero-order chi connectivity index (χ0) is 10.2. The normalized spacial score (nSPS) is 11.5. The van der Waals surface area contributed by atoms with E-state index in [1.165, 1.54) is 6.07 Å². The molecule has 2 N–H and O–H groups in total. The van der Waals surface area contributed by atoms with E-state index in [4.69, 9.17) is 29.3 Å². The highest BCUT2D eigenvalue weighted by Crippen LogP contribution is 2.28. The Morgan fingerprint density at radius 1 is 1.31 bits per heavy atom. The lowest BCUT2D eigenvalue weighted by atomic mass is 9.40. The van der Waals surface area contributed by atoms with Crippen molar-refractivity contribution in [2.24, 2.45) is 0 Å². The molecule has 1 rings (SSSR count). The molecule has 0 fully saturated rings. The van der Waals surface area contributed by atoms with E-state index >= 15 is 0 Å². The van der Waals surface area contributed by atoms with Gasteiger partial charge in [-0.05, 0) is 17.7 Å². The van der Waals surface area contributed by atoms with Crippen LogP contribution >= 0.6 is 15.9 Å². The fourth-order valence-electron chi connectivity index (χ4n) is 1.01. The van der Waals surface area contributed by atoms with Crippen LogP contribution in [0.3, 0.4) is 0 Å². The Kier molecular flexibility index (Phi) is 2.81. The van der Waals surface area contributed by atoms with Crippen LogP contribution in [0, 0.1) is 5.82 Å². The Hall–Kier alpha value is -0.375. The molecule has 1 nitrogen and oxygen atoms in total. The molecular weight excluding hydrogens is 229 g/mol. The summed E-state index contributed by atoms with van der Waals surface area (Å²) in [6, 6.07) is 2.60. The van der Waals surface area contributed by atoms with E-state index in [0.717, 1.165) is 6.07 Å². The maximum atomic E-state index is 13.3. The maximum absolute atomic E-state index is 13.3. The third-order valence-corrected chi connectivity index (χ3v) is 2.12. The van der Waals surface area contributed by atoms with Gasteiger partial charge in [-0.1, -0.05) is 15.9 Å². The van der Waals surface area contributed by atoms with Crippen molar-refractivity contribution in [2.75, 3.05) is 5.73 Å². The summed E-state index contributed by atoms with van der Waals surface area (Å²) in [4.78, 5) is 0. The smallest absolute Gasteiger partial charge is 0.127 e. The quantitative estimate of drug-likeness (QED) is 0.563. The van der Waals surface area contributed by atoms with Crippen molar-refractivity contribution in [1.82, 2.24) is 0 Å². The van der Waals surface area contributed by atoms with E-state index < -0.39 is 10.9 Å². The predicted octanol–water partition coefficient (Wildman–Crippen LogP) is 0.786. The van der Waals surface area contributed by atoms with Gasteiger partial charge in [-0.15, -0.1) is 5.11 Å². The van der Waals surface area contributed by atoms with Gasteiger partial charge in [0, 0.05) is 10.2 Å². The fraction of sp³-hybridized carbons (Fsp3) is 0.143. The highest BCUT2D eigenvalue weighted by molar-refractivity contribution is 9.10. The molecule has 13 heavy (non-hydrogen) atoms. The number of nitrogens with two attached hydrogens (primary N) is 1. The summed E-state index contributed by atoms with van der Waals surface area (Å²) in [6.45, 7) is 0. The first-order chi connectivity index (χ1) is 5.82. The van der Waals surface area contributed by atoms with Crippen molar-refractivity contribution in [3.8, 4) is 0 Å². The van der Waals surface area contributed by atoms with Crippen molar-refractivity contribution in [3.63, 3.8) is 0 Å². The number of anilines is 1. The second-order valence-corrected chi connectivity index (χ2v) is 3.65. The first-order valence-corrected chi connectivity index (χ1v) is 4.23. The first-order valence-electron chi connectivity index (χ1n) is 3.44. The molecule has 0 aromatic heterocycles. The van der Waals surface area contributed by atoms with Crippen molar-refractivity contribution in [2.45, 2.75) is 5.11 Å². The lowest BCUT2D eigenvalue weighted by Crippen LogP contribution is -2.29. The van der Waals surface area contributed by atoms with Gasteiger partial charge >= 0.3 is 0 Å². The van der Waals surface area contributed by atoms with Crippen LogP contribution in [0.25, 0.3) is 0 Å². The van der Waals surface area contributed by atoms with Gasteiger partial charge in [0.2, 0.25) is 0 Å². The Morgan fingerprint density at radius 3 is 2.23 bits per heavy atom. The van der Waals surface area contributed by atoms with Gasteiger partial charge in [0.05, 0.1) is 23.5 Å². The average Bonchev–Trinajstić information content (AvgIpc) is 1.78. The number of benzene rings is 1. The minimum Gasteiger partial charge on any atom is -0.399 e. The third-order valence-electron chi connectivity index (χ3n) is 1.50. The van der Waals surface area contributed by atoms with Gasteiger partial charge in [0.25, 0.3) is 0 Å². The Labute approximate surface area is 88.6 Å². The molecule has 6 heteroatoms. The summed E-state index contributed by atoms with van der Waals surface area (Å²) in [5.74, 6) is -0.626. The molecule has 0 aliphatic carbocycles. The average molecular weight is 233 g/mol. The largest absolute Gasteiger partial charge is 0.399 e. The van der Waals surface area contributed by atoms with Crippen LogP contribution < -0.4 is 5.73 Å². The second kappa shape index (κ2) is 3.41. The molecule has 0 saturated carbocycles. The lowest BCUT2D eigenvalue weighted by Gasteiger charge is -2.23. The van der Waals surface area contributed by atoms with Crippen LogP contribution in [0.2, 0.25) is 0 Å². The van der Waals surface area contributed by atoms with E-state index in [2.05, 4.69) is 15.9 Å². The van der Waals surface area contributed by atoms with Gasteiger partial charge in [-0.2, -0.15) is 0 Å². The molecule has 0 aliphatic heterocycles. The van der Waals surface area contributed by atoms with Gasteiger partial charge in [-0.3, -0.25) is 0 Å². The molecule has 0 spiro atoms. The van der Waals surface area contributed by atoms with Crippen LogP contribution in [0.1, 0.15) is 5.56 Å². The molecule has 0 bridgehead atoms. The van der Waals surface area contributed by atoms with Crippen LogP contribution in [0.15, 0.2) is 16.6 Å². The lowest BCUT2D eigenvalue weighted by molar-refractivity contribution is 0.612. The van der Waals surface area contributed by atoms with Crippen molar-refractivity contribution in [1.29, 1.82) is 0 Å². The van der Waals surface area contributed by atoms with Gasteiger partial charge in [0.1, 0.15) is 5.82 Å². The molecular formula is C7H4B3BrFN.